The zero-order chi connectivity index (χ0) is 23.2. The third kappa shape index (κ3) is 5.69. The van der Waals surface area contributed by atoms with E-state index >= 15 is 0 Å². The number of hydrogen-bond donors (Lipinski definition) is 0. The van der Waals surface area contributed by atoms with Gasteiger partial charge < -0.3 is 0 Å². The van der Waals surface area contributed by atoms with Gasteiger partial charge in [0.1, 0.15) is 19.6 Å². The Hall–Kier alpha value is -2.12. The van der Waals surface area contributed by atoms with Gasteiger partial charge in [0.2, 0.25) is 0 Å². The molecule has 0 atom stereocenters. The van der Waals surface area contributed by atoms with Crippen LogP contribution in [0.5, 0.6) is 0 Å². The van der Waals surface area contributed by atoms with Crippen LogP contribution in [0.1, 0.15) is 36.0 Å². The number of hydrogen-bond acceptors (Lipinski definition) is 4. The summed E-state index contributed by atoms with van der Waals surface area (Å²) in [6, 6.07) is 31.8. The van der Waals surface area contributed by atoms with Gasteiger partial charge in [-0.2, -0.15) is 13.1 Å². The molecule has 1 aliphatic heterocycles. The fourth-order valence-corrected chi connectivity index (χ4v) is 7.28. The highest BCUT2D eigenvalue weighted by atomic mass is 32.2. The second kappa shape index (κ2) is 10.4. The number of benzene rings is 3. The van der Waals surface area contributed by atoms with Gasteiger partial charge in [-0.05, 0) is 36.0 Å². The molecule has 33 heavy (non-hydrogen) atoms. The van der Waals surface area contributed by atoms with Crippen molar-refractivity contribution in [1.29, 1.82) is 0 Å². The first kappa shape index (κ1) is 24.0. The highest BCUT2D eigenvalue weighted by Gasteiger charge is 2.40. The van der Waals surface area contributed by atoms with E-state index in [-0.39, 0.29) is 4.65 Å². The van der Waals surface area contributed by atoms with Crippen molar-refractivity contribution in [3.05, 3.63) is 108 Å². The Labute approximate surface area is 202 Å². The fourth-order valence-electron chi connectivity index (χ4n) is 4.84. The van der Waals surface area contributed by atoms with E-state index in [4.69, 9.17) is 4.28 Å². The van der Waals surface area contributed by atoms with Crippen molar-refractivity contribution in [3.8, 4) is 0 Å². The molecule has 6 heteroatoms. The molecule has 0 bridgehead atoms. The van der Waals surface area contributed by atoms with Crippen LogP contribution in [0.3, 0.4) is 0 Å². The number of hydroxylamine groups is 3. The molecule has 3 aromatic carbocycles. The molecule has 4 rings (SSSR count). The van der Waals surface area contributed by atoms with Gasteiger partial charge >= 0.3 is 10.1 Å². The summed E-state index contributed by atoms with van der Waals surface area (Å²) in [6.45, 7) is 2.12. The van der Waals surface area contributed by atoms with E-state index in [0.717, 1.165) is 44.4 Å². The maximum atomic E-state index is 12.1. The topological polar surface area (TPSA) is 43.4 Å². The number of piperidine rings is 1. The molecule has 3 aromatic rings. The second-order valence-corrected chi connectivity index (χ2v) is 11.6. The average Bonchev–Trinajstić information content (AvgIpc) is 2.83. The van der Waals surface area contributed by atoms with E-state index in [1.54, 1.807) is 0 Å². The Morgan fingerprint density at radius 1 is 0.758 bits per heavy atom. The normalized spacial score (nSPS) is 16.4. The van der Waals surface area contributed by atoms with Crippen LogP contribution in [0, 0.1) is 0 Å². The van der Waals surface area contributed by atoms with E-state index in [9.17, 15) is 8.42 Å². The number of rotatable bonds is 9. The quantitative estimate of drug-likeness (QED) is 0.294. The summed E-state index contributed by atoms with van der Waals surface area (Å²) in [5, 5.41) is 0. The van der Waals surface area contributed by atoms with Gasteiger partial charge in [0.05, 0.1) is 11.0 Å². The predicted octanol–water partition coefficient (Wildman–Crippen LogP) is 5.60. The molecule has 4 nitrogen and oxygen atoms in total. The molecule has 1 heterocycles. The summed E-state index contributed by atoms with van der Waals surface area (Å²) in [7, 11) is -3.54. The Balaban J connectivity index is 1.73. The van der Waals surface area contributed by atoms with Crippen molar-refractivity contribution >= 4 is 21.9 Å². The van der Waals surface area contributed by atoms with Gasteiger partial charge in [-0.3, -0.25) is 0 Å². The number of thioether (sulfide) groups is 1. The van der Waals surface area contributed by atoms with Crippen LogP contribution >= 0.6 is 11.8 Å². The Morgan fingerprint density at radius 2 is 1.18 bits per heavy atom. The van der Waals surface area contributed by atoms with Crippen molar-refractivity contribution in [1.82, 2.24) is 0 Å². The molecule has 0 spiro atoms. The Kier molecular flexibility index (Phi) is 7.59. The SMILES string of the molecule is CS(=O)(=O)O[N+]1(CCSC(c2ccccc2)(c2ccccc2)c2ccccc2)CCCCC1. The first-order valence-electron chi connectivity index (χ1n) is 11.5. The van der Waals surface area contributed by atoms with Gasteiger partial charge in [-0.25, -0.2) is 0 Å². The van der Waals surface area contributed by atoms with Crippen LogP contribution in [0.2, 0.25) is 0 Å². The molecule has 1 aliphatic rings. The summed E-state index contributed by atoms with van der Waals surface area (Å²) in [5.41, 5.74) is 3.63. The minimum atomic E-state index is -3.54. The number of likely N-dealkylation sites (tertiary alicyclic amines) is 1. The number of nitrogens with zero attached hydrogens (tertiary/aromatic N) is 1. The third-order valence-electron chi connectivity index (χ3n) is 6.28. The second-order valence-electron chi connectivity index (χ2n) is 8.70. The summed E-state index contributed by atoms with van der Waals surface area (Å²) in [4.78, 5) is 0. The van der Waals surface area contributed by atoms with Crippen LogP contribution in [0.25, 0.3) is 0 Å². The lowest BCUT2D eigenvalue weighted by atomic mass is 9.84. The zero-order valence-electron chi connectivity index (χ0n) is 19.1. The molecule has 0 aromatic heterocycles. The number of quaternary nitrogens is 1. The van der Waals surface area contributed by atoms with Crippen LogP contribution in [0.15, 0.2) is 91.0 Å². The fraction of sp³-hybridized carbons (Fsp3) is 0.333. The van der Waals surface area contributed by atoms with E-state index < -0.39 is 14.9 Å². The van der Waals surface area contributed by atoms with E-state index in [0.29, 0.717) is 6.54 Å². The molecule has 0 aliphatic carbocycles. The summed E-state index contributed by atoms with van der Waals surface area (Å²) >= 11 is 1.86. The molecule has 1 fully saturated rings. The highest BCUT2D eigenvalue weighted by Crippen LogP contribution is 2.48. The lowest BCUT2D eigenvalue weighted by Crippen LogP contribution is -2.53. The maximum Gasteiger partial charge on any atom is 0.311 e. The van der Waals surface area contributed by atoms with Crippen molar-refractivity contribution < 1.29 is 17.3 Å². The van der Waals surface area contributed by atoms with Gasteiger partial charge in [-0.1, -0.05) is 95.3 Å². The first-order valence-corrected chi connectivity index (χ1v) is 14.3. The molecule has 0 saturated carbocycles. The Morgan fingerprint density at radius 3 is 1.58 bits per heavy atom. The summed E-state index contributed by atoms with van der Waals surface area (Å²) < 4.78 is 29.7. The smallest absolute Gasteiger partial charge is 0.195 e. The minimum Gasteiger partial charge on any atom is -0.195 e. The van der Waals surface area contributed by atoms with Gasteiger partial charge in [0, 0.05) is 5.75 Å². The van der Waals surface area contributed by atoms with E-state index in [2.05, 4.69) is 72.8 Å². The average molecular weight is 483 g/mol. The Bertz CT molecular complexity index is 1020. The van der Waals surface area contributed by atoms with E-state index in [1.807, 2.05) is 30.0 Å². The van der Waals surface area contributed by atoms with Crippen LogP contribution < -0.4 is 0 Å². The van der Waals surface area contributed by atoms with Crippen molar-refractivity contribution in [2.45, 2.75) is 24.0 Å². The molecular formula is C27H32NO3S2+. The molecule has 1 saturated heterocycles. The summed E-state index contributed by atoms with van der Waals surface area (Å²) in [5.74, 6) is 0.758. The highest BCUT2D eigenvalue weighted by molar-refractivity contribution is 8.00. The lowest BCUT2D eigenvalue weighted by molar-refractivity contribution is -1.08. The monoisotopic (exact) mass is 482 g/mol. The first-order chi connectivity index (χ1) is 15.9. The minimum absolute atomic E-state index is 0.195. The van der Waals surface area contributed by atoms with Gasteiger partial charge in [0.25, 0.3) is 0 Å². The third-order valence-corrected chi connectivity index (χ3v) is 8.40. The molecule has 174 valence electrons. The van der Waals surface area contributed by atoms with Crippen LogP contribution in [-0.4, -0.2) is 44.7 Å². The standard InChI is InChI=1S/C27H32NO3S2/c1-33(29,30)31-28(20-12-5-13-21-28)22-23-32-27(24-14-6-2-7-15-24,25-16-8-3-9-17-25)26-18-10-4-11-19-26/h2-4,6-11,14-19H,5,12-13,20-23H2,1H3/q+1. The molecular weight excluding hydrogens is 450 g/mol. The largest absolute Gasteiger partial charge is 0.311 e. The van der Waals surface area contributed by atoms with Crippen molar-refractivity contribution in [2.75, 3.05) is 31.6 Å². The van der Waals surface area contributed by atoms with Crippen LogP contribution in [0.4, 0.5) is 0 Å². The zero-order valence-corrected chi connectivity index (χ0v) is 20.7. The molecule has 0 N–H and O–H groups in total. The molecule has 0 amide bonds. The lowest BCUT2D eigenvalue weighted by Gasteiger charge is -2.39. The van der Waals surface area contributed by atoms with Gasteiger partial charge in [0.15, 0.2) is 0 Å². The van der Waals surface area contributed by atoms with Gasteiger partial charge in [-0.15, -0.1) is 11.8 Å². The van der Waals surface area contributed by atoms with Crippen molar-refractivity contribution in [3.63, 3.8) is 0 Å². The van der Waals surface area contributed by atoms with Crippen molar-refractivity contribution in [2.24, 2.45) is 0 Å². The predicted molar refractivity (Wildman–Crippen MR) is 136 cm³/mol. The maximum absolute atomic E-state index is 12.1. The molecule has 0 radical (unpaired) electrons. The summed E-state index contributed by atoms with van der Waals surface area (Å²) in [6.07, 6.45) is 4.27. The van der Waals surface area contributed by atoms with E-state index in [1.165, 1.54) is 16.7 Å². The molecule has 0 unspecified atom stereocenters. The van der Waals surface area contributed by atoms with Crippen LogP contribution in [-0.2, 0) is 19.1 Å².